The Balaban J connectivity index is 2.02. The van der Waals surface area contributed by atoms with Gasteiger partial charge in [0.2, 0.25) is 0 Å². The van der Waals surface area contributed by atoms with Gasteiger partial charge in [-0.25, -0.2) is 0 Å². The van der Waals surface area contributed by atoms with E-state index in [1.54, 1.807) is 5.56 Å². The third-order valence-electron chi connectivity index (χ3n) is 4.61. The molecule has 1 fully saturated rings. The van der Waals surface area contributed by atoms with Gasteiger partial charge in [0.1, 0.15) is 0 Å². The summed E-state index contributed by atoms with van der Waals surface area (Å²) in [6.45, 7) is 6.75. The summed E-state index contributed by atoms with van der Waals surface area (Å²) >= 11 is 3.63. The number of alkyl halides is 1. The third kappa shape index (κ3) is 3.38. The molecule has 0 aliphatic heterocycles. The second-order valence-electron chi connectivity index (χ2n) is 6.11. The lowest BCUT2D eigenvalue weighted by Gasteiger charge is -2.28. The van der Waals surface area contributed by atoms with E-state index in [4.69, 9.17) is 0 Å². The third-order valence-corrected chi connectivity index (χ3v) is 5.53. The Kier molecular flexibility index (Phi) is 4.89. The topological polar surface area (TPSA) is 0 Å². The minimum atomic E-state index is 0.917. The Morgan fingerprint density at radius 1 is 1.00 bits per heavy atom. The molecule has 0 heterocycles. The molecule has 100 valence electrons. The highest BCUT2D eigenvalue weighted by atomic mass is 79.9. The van der Waals surface area contributed by atoms with E-state index in [-0.39, 0.29) is 0 Å². The van der Waals surface area contributed by atoms with Crippen LogP contribution in [0.3, 0.4) is 0 Å². The van der Waals surface area contributed by atoms with Crippen LogP contribution in [0, 0.1) is 32.6 Å². The van der Waals surface area contributed by atoms with Gasteiger partial charge in [0.15, 0.2) is 0 Å². The molecule has 2 rings (SSSR count). The van der Waals surface area contributed by atoms with Gasteiger partial charge in [0.05, 0.1) is 0 Å². The second kappa shape index (κ2) is 6.23. The van der Waals surface area contributed by atoms with Crippen LogP contribution >= 0.6 is 15.9 Å². The predicted octanol–water partition coefficient (Wildman–Crippen LogP) is 5.36. The lowest BCUT2D eigenvalue weighted by Crippen LogP contribution is -2.17. The molecule has 18 heavy (non-hydrogen) atoms. The molecular formula is C17H25Br. The van der Waals surface area contributed by atoms with E-state index in [1.807, 2.05) is 0 Å². The predicted molar refractivity (Wildman–Crippen MR) is 83.6 cm³/mol. The standard InChI is InChI=1S/C17H25Br/c1-12-8-13(2)14(3)17(9-12)10-15-4-6-16(11-18)7-5-15/h8-9,15-16H,4-7,10-11H2,1-3H3. The first-order valence-electron chi connectivity index (χ1n) is 7.23. The van der Waals surface area contributed by atoms with Crippen LogP contribution in [0.5, 0.6) is 0 Å². The molecule has 0 unspecified atom stereocenters. The molecule has 0 aromatic heterocycles. The number of halogens is 1. The SMILES string of the molecule is Cc1cc(C)c(C)c(CC2CCC(CBr)CC2)c1. The molecule has 1 aromatic rings. The van der Waals surface area contributed by atoms with E-state index in [1.165, 1.54) is 54.1 Å². The van der Waals surface area contributed by atoms with Crippen LogP contribution in [0.4, 0.5) is 0 Å². The summed E-state index contributed by atoms with van der Waals surface area (Å²) in [4.78, 5) is 0. The number of hydrogen-bond acceptors (Lipinski definition) is 0. The molecule has 1 saturated carbocycles. The fraction of sp³-hybridized carbons (Fsp3) is 0.647. The van der Waals surface area contributed by atoms with E-state index in [9.17, 15) is 0 Å². The quantitative estimate of drug-likeness (QED) is 0.660. The molecule has 0 amide bonds. The highest BCUT2D eigenvalue weighted by molar-refractivity contribution is 9.09. The van der Waals surface area contributed by atoms with Crippen LogP contribution < -0.4 is 0 Å². The van der Waals surface area contributed by atoms with Gasteiger partial charge in [-0.05, 0) is 81.4 Å². The molecule has 1 aliphatic carbocycles. The summed E-state index contributed by atoms with van der Waals surface area (Å²) in [6.07, 6.45) is 6.97. The van der Waals surface area contributed by atoms with Gasteiger partial charge in [0.25, 0.3) is 0 Å². The van der Waals surface area contributed by atoms with Crippen molar-refractivity contribution in [3.05, 3.63) is 34.4 Å². The Hall–Kier alpha value is -0.300. The van der Waals surface area contributed by atoms with Gasteiger partial charge in [-0.1, -0.05) is 33.6 Å². The smallest absolute Gasteiger partial charge is 0.00596 e. The van der Waals surface area contributed by atoms with E-state index >= 15 is 0 Å². The van der Waals surface area contributed by atoms with Gasteiger partial charge < -0.3 is 0 Å². The lowest BCUT2D eigenvalue weighted by atomic mass is 9.79. The van der Waals surface area contributed by atoms with Crippen molar-refractivity contribution in [1.29, 1.82) is 0 Å². The fourth-order valence-electron chi connectivity index (χ4n) is 3.24. The van der Waals surface area contributed by atoms with Gasteiger partial charge in [-0.15, -0.1) is 0 Å². The van der Waals surface area contributed by atoms with Gasteiger partial charge in [0, 0.05) is 5.33 Å². The molecule has 1 heteroatoms. The van der Waals surface area contributed by atoms with E-state index in [0.29, 0.717) is 0 Å². The fourth-order valence-corrected chi connectivity index (χ4v) is 3.89. The minimum Gasteiger partial charge on any atom is -0.0925 e. The molecule has 0 spiro atoms. The van der Waals surface area contributed by atoms with Crippen LogP contribution in [0.1, 0.15) is 47.9 Å². The van der Waals surface area contributed by atoms with Crippen molar-refractivity contribution >= 4 is 15.9 Å². The molecule has 1 aromatic carbocycles. The van der Waals surface area contributed by atoms with Crippen molar-refractivity contribution in [2.75, 3.05) is 5.33 Å². The number of rotatable bonds is 3. The normalized spacial score (nSPS) is 24.2. The molecule has 0 atom stereocenters. The highest BCUT2D eigenvalue weighted by Gasteiger charge is 2.21. The van der Waals surface area contributed by atoms with Gasteiger partial charge in [-0.2, -0.15) is 0 Å². The first-order valence-corrected chi connectivity index (χ1v) is 8.35. The Bertz CT molecular complexity index is 400. The zero-order valence-corrected chi connectivity index (χ0v) is 13.5. The number of aryl methyl sites for hydroxylation is 2. The maximum atomic E-state index is 3.63. The minimum absolute atomic E-state index is 0.917. The van der Waals surface area contributed by atoms with Crippen LogP contribution in [-0.2, 0) is 6.42 Å². The second-order valence-corrected chi connectivity index (χ2v) is 6.76. The first-order chi connectivity index (χ1) is 8.60. The molecule has 0 N–H and O–H groups in total. The Morgan fingerprint density at radius 2 is 1.61 bits per heavy atom. The van der Waals surface area contributed by atoms with E-state index < -0.39 is 0 Å². The Morgan fingerprint density at radius 3 is 2.22 bits per heavy atom. The van der Waals surface area contributed by atoms with E-state index in [0.717, 1.165) is 11.8 Å². The first kappa shape index (κ1) is 14.1. The molecule has 0 saturated heterocycles. The van der Waals surface area contributed by atoms with Crippen molar-refractivity contribution in [3.63, 3.8) is 0 Å². The van der Waals surface area contributed by atoms with Gasteiger partial charge in [-0.3, -0.25) is 0 Å². The van der Waals surface area contributed by atoms with Crippen molar-refractivity contribution in [1.82, 2.24) is 0 Å². The van der Waals surface area contributed by atoms with E-state index in [2.05, 4.69) is 48.8 Å². The zero-order valence-electron chi connectivity index (χ0n) is 11.9. The van der Waals surface area contributed by atoms with Crippen LogP contribution in [0.2, 0.25) is 0 Å². The molecule has 0 radical (unpaired) electrons. The average Bonchev–Trinajstić information content (AvgIpc) is 2.36. The summed E-state index contributed by atoms with van der Waals surface area (Å²) in [6, 6.07) is 4.71. The Labute approximate surface area is 120 Å². The van der Waals surface area contributed by atoms with Crippen molar-refractivity contribution in [2.45, 2.75) is 52.9 Å². The highest BCUT2D eigenvalue weighted by Crippen LogP contribution is 2.33. The van der Waals surface area contributed by atoms with Crippen molar-refractivity contribution in [2.24, 2.45) is 11.8 Å². The molecule has 0 bridgehead atoms. The molecular weight excluding hydrogens is 284 g/mol. The van der Waals surface area contributed by atoms with Crippen LogP contribution in [-0.4, -0.2) is 5.33 Å². The van der Waals surface area contributed by atoms with Crippen molar-refractivity contribution in [3.8, 4) is 0 Å². The monoisotopic (exact) mass is 308 g/mol. The number of hydrogen-bond donors (Lipinski definition) is 0. The molecule has 0 nitrogen and oxygen atoms in total. The largest absolute Gasteiger partial charge is 0.0925 e. The zero-order chi connectivity index (χ0) is 13.1. The summed E-state index contributed by atoms with van der Waals surface area (Å²) < 4.78 is 0. The summed E-state index contributed by atoms with van der Waals surface area (Å²) in [5.74, 6) is 1.85. The summed E-state index contributed by atoms with van der Waals surface area (Å²) in [5, 5.41) is 1.20. The summed E-state index contributed by atoms with van der Waals surface area (Å²) in [7, 11) is 0. The average molecular weight is 309 g/mol. The maximum Gasteiger partial charge on any atom is 0.00596 e. The lowest BCUT2D eigenvalue weighted by molar-refractivity contribution is 0.293. The van der Waals surface area contributed by atoms with Crippen molar-refractivity contribution < 1.29 is 0 Å². The van der Waals surface area contributed by atoms with Crippen LogP contribution in [0.15, 0.2) is 12.1 Å². The summed E-state index contributed by atoms with van der Waals surface area (Å²) in [5.41, 5.74) is 5.99. The maximum absolute atomic E-state index is 3.63. The van der Waals surface area contributed by atoms with Gasteiger partial charge >= 0.3 is 0 Å². The molecule has 1 aliphatic rings. The number of benzene rings is 1. The van der Waals surface area contributed by atoms with Crippen LogP contribution in [0.25, 0.3) is 0 Å².